The van der Waals surface area contributed by atoms with Crippen LogP contribution >= 0.6 is 22.6 Å². The van der Waals surface area contributed by atoms with Crippen LogP contribution in [0, 0.1) is 0 Å². The largest absolute Gasteiger partial charge is 0.0818 e. The molecule has 0 amide bonds. The van der Waals surface area contributed by atoms with Crippen molar-refractivity contribution in [3.8, 4) is 0 Å². The van der Waals surface area contributed by atoms with Gasteiger partial charge in [-0.25, -0.2) is 0 Å². The van der Waals surface area contributed by atoms with E-state index in [2.05, 4.69) is 42.5 Å². The van der Waals surface area contributed by atoms with Gasteiger partial charge in [0.15, 0.2) is 0 Å². The van der Waals surface area contributed by atoms with Gasteiger partial charge in [0.05, 0.1) is 0 Å². The Kier molecular flexibility index (Phi) is 5.93. The summed E-state index contributed by atoms with van der Waals surface area (Å²) in [7, 11) is 0. The molecule has 0 aliphatic carbocycles. The molecule has 0 aromatic carbocycles. The van der Waals surface area contributed by atoms with Crippen molar-refractivity contribution in [2.75, 3.05) is 4.43 Å². The van der Waals surface area contributed by atoms with Gasteiger partial charge in [0, 0.05) is 4.43 Å². The van der Waals surface area contributed by atoms with Crippen molar-refractivity contribution in [1.82, 2.24) is 0 Å². The van der Waals surface area contributed by atoms with Gasteiger partial charge in [0.25, 0.3) is 0 Å². The lowest BCUT2D eigenvalue weighted by Crippen LogP contribution is -1.74. The van der Waals surface area contributed by atoms with Crippen LogP contribution < -0.4 is 0 Å². The Morgan fingerprint density at radius 3 is 2.62 bits per heavy atom. The topological polar surface area (TPSA) is 0 Å². The van der Waals surface area contributed by atoms with E-state index in [0.717, 1.165) is 4.43 Å². The average molecular weight is 224 g/mol. The van der Waals surface area contributed by atoms with Crippen LogP contribution in [-0.4, -0.2) is 4.43 Å². The molecule has 0 saturated carbocycles. The summed E-state index contributed by atoms with van der Waals surface area (Å²) in [5, 5.41) is 0. The number of hydrogen-bond acceptors (Lipinski definition) is 0. The first-order valence-corrected chi connectivity index (χ1v) is 4.55. The summed E-state index contributed by atoms with van der Waals surface area (Å²) in [5.41, 5.74) is 1.53. The van der Waals surface area contributed by atoms with E-state index in [1.807, 2.05) is 0 Å². The molecule has 0 heterocycles. The Morgan fingerprint density at radius 2 is 2.25 bits per heavy atom. The second kappa shape index (κ2) is 5.60. The van der Waals surface area contributed by atoms with Crippen molar-refractivity contribution in [2.24, 2.45) is 0 Å². The van der Waals surface area contributed by atoms with Gasteiger partial charge in [-0.3, -0.25) is 0 Å². The molecule has 8 heavy (non-hydrogen) atoms. The van der Waals surface area contributed by atoms with E-state index in [4.69, 9.17) is 0 Å². The highest BCUT2D eigenvalue weighted by atomic mass is 127. The monoisotopic (exact) mass is 224 g/mol. The zero-order valence-corrected chi connectivity index (χ0v) is 7.73. The van der Waals surface area contributed by atoms with E-state index in [1.54, 1.807) is 0 Å². The van der Waals surface area contributed by atoms with Gasteiger partial charge in [-0.05, 0) is 13.3 Å². The Morgan fingerprint density at radius 1 is 1.62 bits per heavy atom. The van der Waals surface area contributed by atoms with Crippen molar-refractivity contribution in [3.05, 3.63) is 11.6 Å². The summed E-state index contributed by atoms with van der Waals surface area (Å²) in [5.74, 6) is 0. The summed E-state index contributed by atoms with van der Waals surface area (Å²) in [4.78, 5) is 0. The van der Waals surface area contributed by atoms with Gasteiger partial charge in [0.1, 0.15) is 0 Å². The van der Waals surface area contributed by atoms with E-state index in [9.17, 15) is 0 Å². The fourth-order valence-electron chi connectivity index (χ4n) is 0.628. The molecule has 0 aromatic heterocycles. The molecule has 0 aromatic rings. The first-order valence-electron chi connectivity index (χ1n) is 3.02. The van der Waals surface area contributed by atoms with E-state index < -0.39 is 0 Å². The molecule has 0 bridgehead atoms. The zero-order chi connectivity index (χ0) is 6.41. The molecule has 1 heteroatoms. The molecule has 0 unspecified atom stereocenters. The van der Waals surface area contributed by atoms with Gasteiger partial charge < -0.3 is 0 Å². The van der Waals surface area contributed by atoms with Crippen LogP contribution in [0.5, 0.6) is 0 Å². The molecule has 0 fully saturated rings. The van der Waals surface area contributed by atoms with Crippen LogP contribution in [-0.2, 0) is 0 Å². The van der Waals surface area contributed by atoms with Crippen LogP contribution in [0.15, 0.2) is 11.6 Å². The maximum absolute atomic E-state index is 2.37. The molecule has 0 saturated heterocycles. The minimum Gasteiger partial charge on any atom is -0.0818 e. The van der Waals surface area contributed by atoms with Crippen molar-refractivity contribution in [2.45, 2.75) is 26.7 Å². The first-order chi connectivity index (χ1) is 3.81. The van der Waals surface area contributed by atoms with E-state index >= 15 is 0 Å². The molecule has 0 nitrogen and oxygen atoms in total. The van der Waals surface area contributed by atoms with Crippen LogP contribution in [0.25, 0.3) is 0 Å². The Bertz CT molecular complexity index is 74.5. The number of hydrogen-bond donors (Lipinski definition) is 0. The number of halogens is 1. The molecular formula is C7H13I. The minimum atomic E-state index is 1.16. The third-order valence-corrected chi connectivity index (χ3v) is 1.51. The van der Waals surface area contributed by atoms with Gasteiger partial charge in [-0.2, -0.15) is 0 Å². The highest BCUT2D eigenvalue weighted by Crippen LogP contribution is 2.02. The Hall–Kier alpha value is 0.470. The summed E-state index contributed by atoms with van der Waals surface area (Å²) in [6.45, 7) is 4.41. The predicted molar refractivity (Wildman–Crippen MR) is 47.6 cm³/mol. The minimum absolute atomic E-state index is 1.16. The number of allylic oxidation sites excluding steroid dienone is 2. The van der Waals surface area contributed by atoms with Crippen LogP contribution in [0.2, 0.25) is 0 Å². The van der Waals surface area contributed by atoms with E-state index in [1.165, 1.54) is 18.4 Å². The van der Waals surface area contributed by atoms with Crippen LogP contribution in [0.3, 0.4) is 0 Å². The lowest BCUT2D eigenvalue weighted by molar-refractivity contribution is 0.904. The summed E-state index contributed by atoms with van der Waals surface area (Å²) in [6, 6.07) is 0. The van der Waals surface area contributed by atoms with E-state index in [-0.39, 0.29) is 0 Å². The van der Waals surface area contributed by atoms with E-state index in [0.29, 0.717) is 0 Å². The first kappa shape index (κ1) is 8.47. The molecule has 0 radical (unpaired) electrons. The average Bonchev–Trinajstić information content (AvgIpc) is 1.68. The highest BCUT2D eigenvalue weighted by Gasteiger charge is 1.82. The molecule has 48 valence electrons. The van der Waals surface area contributed by atoms with Crippen LogP contribution in [0.4, 0.5) is 0 Å². The fraction of sp³-hybridized carbons (Fsp3) is 0.714. The van der Waals surface area contributed by atoms with Crippen molar-refractivity contribution in [3.63, 3.8) is 0 Å². The van der Waals surface area contributed by atoms with Crippen molar-refractivity contribution < 1.29 is 0 Å². The SMILES string of the molecule is CCC/C(C)=C/CI. The lowest BCUT2D eigenvalue weighted by Gasteiger charge is -1.92. The summed E-state index contributed by atoms with van der Waals surface area (Å²) >= 11 is 2.37. The number of rotatable bonds is 3. The van der Waals surface area contributed by atoms with Crippen molar-refractivity contribution in [1.29, 1.82) is 0 Å². The third kappa shape index (κ3) is 4.62. The van der Waals surface area contributed by atoms with Gasteiger partial charge in [-0.1, -0.05) is 47.6 Å². The normalized spacial score (nSPS) is 12.1. The molecular weight excluding hydrogens is 211 g/mol. The van der Waals surface area contributed by atoms with Gasteiger partial charge in [-0.15, -0.1) is 0 Å². The van der Waals surface area contributed by atoms with Gasteiger partial charge >= 0.3 is 0 Å². The van der Waals surface area contributed by atoms with Crippen molar-refractivity contribution >= 4 is 22.6 Å². The molecule has 0 atom stereocenters. The molecule has 0 aliphatic heterocycles. The summed E-state index contributed by atoms with van der Waals surface area (Å²) < 4.78 is 1.16. The number of alkyl halides is 1. The van der Waals surface area contributed by atoms with Gasteiger partial charge in [0.2, 0.25) is 0 Å². The molecule has 0 aliphatic rings. The quantitative estimate of drug-likeness (QED) is 0.392. The van der Waals surface area contributed by atoms with Crippen LogP contribution in [0.1, 0.15) is 26.7 Å². The lowest BCUT2D eigenvalue weighted by atomic mass is 10.2. The maximum Gasteiger partial charge on any atom is 0.0178 e. The Balaban J connectivity index is 3.29. The highest BCUT2D eigenvalue weighted by molar-refractivity contribution is 14.1. The maximum atomic E-state index is 2.37. The fourth-order valence-corrected chi connectivity index (χ4v) is 1.38. The predicted octanol–water partition coefficient (Wildman–Crippen LogP) is 3.17. The summed E-state index contributed by atoms with van der Waals surface area (Å²) in [6.07, 6.45) is 4.83. The standard InChI is InChI=1S/C7H13I/c1-3-4-7(2)5-6-8/h5H,3-4,6H2,1-2H3/b7-5+. The Labute approximate surface area is 65.5 Å². The smallest absolute Gasteiger partial charge is 0.0178 e. The molecule has 0 N–H and O–H groups in total. The second-order valence-corrected chi connectivity index (χ2v) is 2.84. The zero-order valence-electron chi connectivity index (χ0n) is 5.58. The second-order valence-electron chi connectivity index (χ2n) is 1.95. The molecule has 0 spiro atoms. The third-order valence-electron chi connectivity index (χ3n) is 1.07. The molecule has 0 rings (SSSR count).